The molecule has 0 aliphatic carbocycles. The first-order valence-electron chi connectivity index (χ1n) is 7.76. The molecule has 0 bridgehead atoms. The van der Waals surface area contributed by atoms with Crippen molar-refractivity contribution in [3.8, 4) is 0 Å². The zero-order valence-electron chi connectivity index (χ0n) is 14.0. The fraction of sp³-hybridized carbons (Fsp3) is 0.857. The quantitative estimate of drug-likeness (QED) is 0.575. The van der Waals surface area contributed by atoms with Crippen LogP contribution in [-0.2, 0) is 9.47 Å². The molecule has 2 heterocycles. The molecule has 2 fully saturated rings. The Morgan fingerprint density at radius 1 is 1.48 bits per heavy atom. The highest BCUT2D eigenvalue weighted by atomic mass is 16.7. The van der Waals surface area contributed by atoms with E-state index in [2.05, 4.69) is 5.10 Å². The molecular formula is C14H24N4O5. The highest BCUT2D eigenvalue weighted by Gasteiger charge is 2.38. The van der Waals surface area contributed by atoms with Crippen molar-refractivity contribution in [1.82, 2.24) is 9.80 Å². The third kappa shape index (κ3) is 4.78. The Labute approximate surface area is 135 Å². The molecule has 130 valence electrons. The van der Waals surface area contributed by atoms with Crippen LogP contribution in [0, 0.1) is 16.0 Å². The van der Waals surface area contributed by atoms with E-state index in [1.165, 1.54) is 4.90 Å². The number of hydrazone groups is 1. The monoisotopic (exact) mass is 328 g/mol. The molecule has 2 aliphatic rings. The number of rotatable bonds is 3. The van der Waals surface area contributed by atoms with Gasteiger partial charge in [-0.05, 0) is 34.1 Å². The lowest BCUT2D eigenvalue weighted by Crippen LogP contribution is -2.42. The Hall–Kier alpha value is -1.90. The van der Waals surface area contributed by atoms with Crippen molar-refractivity contribution in [2.45, 2.75) is 45.8 Å². The molecule has 0 aromatic carbocycles. The van der Waals surface area contributed by atoms with Crippen LogP contribution in [0.1, 0.15) is 34.1 Å². The molecule has 2 rings (SSSR count). The average Bonchev–Trinajstić information content (AvgIpc) is 2.95. The van der Waals surface area contributed by atoms with Crippen molar-refractivity contribution in [2.75, 3.05) is 26.2 Å². The minimum absolute atomic E-state index is 0.0452. The molecule has 0 aromatic rings. The number of hydrogen-bond donors (Lipinski definition) is 0. The first-order valence-corrected chi connectivity index (χ1v) is 7.76. The topological polar surface area (TPSA) is 97.5 Å². The number of guanidine groups is 1. The summed E-state index contributed by atoms with van der Waals surface area (Å²) < 4.78 is 10.8. The van der Waals surface area contributed by atoms with Gasteiger partial charge in [0.1, 0.15) is 10.7 Å². The number of carbonyl (C=O) groups excluding carboxylic acids is 1. The van der Waals surface area contributed by atoms with Gasteiger partial charge in [0.15, 0.2) is 5.03 Å². The van der Waals surface area contributed by atoms with Gasteiger partial charge in [-0.1, -0.05) is 0 Å². The van der Waals surface area contributed by atoms with Crippen LogP contribution in [0.5, 0.6) is 0 Å². The maximum absolute atomic E-state index is 12.2. The second kappa shape index (κ2) is 6.69. The van der Waals surface area contributed by atoms with Crippen LogP contribution in [0.4, 0.5) is 4.79 Å². The molecule has 0 saturated carbocycles. The summed E-state index contributed by atoms with van der Waals surface area (Å²) in [7, 11) is 0. The summed E-state index contributed by atoms with van der Waals surface area (Å²) in [6, 6.07) is 0. The molecule has 2 saturated heterocycles. The highest BCUT2D eigenvalue weighted by Crippen LogP contribution is 2.23. The maximum Gasteiger partial charge on any atom is 0.417 e. The van der Waals surface area contributed by atoms with Gasteiger partial charge in [-0.2, -0.15) is 0 Å². The average molecular weight is 328 g/mol. The first kappa shape index (κ1) is 17.5. The van der Waals surface area contributed by atoms with Gasteiger partial charge in [-0.15, -0.1) is 0 Å². The summed E-state index contributed by atoms with van der Waals surface area (Å²) in [4.78, 5) is 26.1. The first-order chi connectivity index (χ1) is 10.7. The van der Waals surface area contributed by atoms with Crippen LogP contribution in [0.2, 0.25) is 0 Å². The van der Waals surface area contributed by atoms with Crippen molar-refractivity contribution in [3.63, 3.8) is 0 Å². The van der Waals surface area contributed by atoms with Crippen LogP contribution in [0.3, 0.4) is 0 Å². The van der Waals surface area contributed by atoms with Crippen LogP contribution in [0.15, 0.2) is 5.10 Å². The predicted octanol–water partition coefficient (Wildman–Crippen LogP) is 1.51. The normalized spacial score (nSPS) is 26.9. The maximum atomic E-state index is 12.2. The summed E-state index contributed by atoms with van der Waals surface area (Å²) >= 11 is 0. The molecule has 2 unspecified atom stereocenters. The second-order valence-electron chi connectivity index (χ2n) is 6.96. The summed E-state index contributed by atoms with van der Waals surface area (Å²) in [5, 5.41) is 13.5. The Bertz CT molecular complexity index is 502. The predicted molar refractivity (Wildman–Crippen MR) is 82.5 cm³/mol. The second-order valence-corrected chi connectivity index (χ2v) is 6.96. The minimum Gasteiger partial charge on any atom is -0.443 e. The number of ether oxygens (including phenoxy) is 2. The number of amides is 1. The zero-order valence-corrected chi connectivity index (χ0v) is 14.0. The molecule has 9 nitrogen and oxygen atoms in total. The number of hydrogen-bond acceptors (Lipinski definition) is 5. The van der Waals surface area contributed by atoms with Gasteiger partial charge in [-0.25, -0.2) is 19.8 Å². The van der Waals surface area contributed by atoms with Gasteiger partial charge in [0.05, 0.1) is 19.3 Å². The van der Waals surface area contributed by atoms with Crippen molar-refractivity contribution >= 4 is 12.1 Å². The van der Waals surface area contributed by atoms with Gasteiger partial charge in [0.2, 0.25) is 0 Å². The summed E-state index contributed by atoms with van der Waals surface area (Å²) in [5.74, 6) is 0.323. The minimum atomic E-state index is -0.779. The van der Waals surface area contributed by atoms with Gasteiger partial charge in [0.25, 0.3) is 5.96 Å². The summed E-state index contributed by atoms with van der Waals surface area (Å²) in [6.45, 7) is 9.28. The van der Waals surface area contributed by atoms with Crippen molar-refractivity contribution in [3.05, 3.63) is 10.1 Å². The van der Waals surface area contributed by atoms with E-state index in [-0.39, 0.29) is 18.0 Å². The van der Waals surface area contributed by atoms with E-state index in [0.717, 1.165) is 6.42 Å². The molecule has 0 aromatic heterocycles. The van der Waals surface area contributed by atoms with E-state index in [0.29, 0.717) is 26.2 Å². The smallest absolute Gasteiger partial charge is 0.417 e. The summed E-state index contributed by atoms with van der Waals surface area (Å²) in [6.07, 6.45) is 0.478. The van der Waals surface area contributed by atoms with Crippen LogP contribution < -0.4 is 0 Å². The Morgan fingerprint density at radius 3 is 2.70 bits per heavy atom. The fourth-order valence-electron chi connectivity index (χ4n) is 2.79. The van der Waals surface area contributed by atoms with Crippen LogP contribution >= 0.6 is 0 Å². The molecule has 0 spiro atoms. The Balaban J connectivity index is 2.09. The van der Waals surface area contributed by atoms with Gasteiger partial charge in [-0.3, -0.25) is 0 Å². The van der Waals surface area contributed by atoms with E-state index < -0.39 is 16.7 Å². The fourth-order valence-corrected chi connectivity index (χ4v) is 2.79. The van der Waals surface area contributed by atoms with Gasteiger partial charge in [0, 0.05) is 19.0 Å². The van der Waals surface area contributed by atoms with Gasteiger partial charge < -0.3 is 14.4 Å². The molecule has 0 radical (unpaired) electrons. The highest BCUT2D eigenvalue weighted by molar-refractivity contribution is 5.95. The third-order valence-electron chi connectivity index (χ3n) is 3.66. The molecule has 0 N–H and O–H groups in total. The van der Waals surface area contributed by atoms with Crippen molar-refractivity contribution in [1.29, 1.82) is 0 Å². The molecule has 23 heavy (non-hydrogen) atoms. The largest absolute Gasteiger partial charge is 0.443 e. The Morgan fingerprint density at radius 2 is 2.17 bits per heavy atom. The molecule has 1 amide bonds. The molecular weight excluding hydrogens is 304 g/mol. The third-order valence-corrected chi connectivity index (χ3v) is 3.66. The zero-order chi connectivity index (χ0) is 17.2. The molecule has 2 aliphatic heterocycles. The standard InChI is InChI=1S/C14H24N4O5/c1-10-7-11(9-22-10)8-16-5-6-17(12(16)15-18(20)21)13(19)23-14(2,3)4/h10-11H,5-9H2,1-4H3. The van der Waals surface area contributed by atoms with Crippen molar-refractivity contribution in [2.24, 2.45) is 11.0 Å². The SMILES string of the molecule is CC1CC(CN2CCN(C(=O)OC(C)(C)C)C2=N[N+](=O)[O-])CO1. The summed E-state index contributed by atoms with van der Waals surface area (Å²) in [5.41, 5.74) is -0.668. The van der Waals surface area contributed by atoms with E-state index in [1.54, 1.807) is 25.7 Å². The van der Waals surface area contributed by atoms with E-state index >= 15 is 0 Å². The van der Waals surface area contributed by atoms with Crippen LogP contribution in [-0.4, -0.2) is 64.8 Å². The van der Waals surface area contributed by atoms with Gasteiger partial charge >= 0.3 is 6.09 Å². The Kier molecular flexibility index (Phi) is 5.08. The van der Waals surface area contributed by atoms with E-state index in [9.17, 15) is 14.9 Å². The molecule has 2 atom stereocenters. The number of carbonyl (C=O) groups is 1. The van der Waals surface area contributed by atoms with Crippen molar-refractivity contribution < 1.29 is 19.3 Å². The van der Waals surface area contributed by atoms with E-state index in [4.69, 9.17) is 9.47 Å². The van der Waals surface area contributed by atoms with Crippen LogP contribution in [0.25, 0.3) is 0 Å². The molecule has 9 heteroatoms. The number of nitro groups is 1. The van der Waals surface area contributed by atoms with E-state index in [1.807, 2.05) is 6.92 Å². The lowest BCUT2D eigenvalue weighted by atomic mass is 10.1. The lowest BCUT2D eigenvalue weighted by molar-refractivity contribution is -0.486. The lowest BCUT2D eigenvalue weighted by Gasteiger charge is -2.25. The number of nitrogens with zero attached hydrogens (tertiary/aromatic N) is 4.